The Morgan fingerprint density at radius 2 is 1.28 bits per heavy atom. The van der Waals surface area contributed by atoms with Gasteiger partial charge in [0.15, 0.2) is 0 Å². The Morgan fingerprint density at radius 1 is 0.717 bits per heavy atom. The first-order chi connectivity index (χ1) is 25.8. The molecule has 1 saturated carbocycles. The zero-order valence-corrected chi connectivity index (χ0v) is 35.3. The fourth-order valence-corrected chi connectivity index (χ4v) is 9.19. The van der Waals surface area contributed by atoms with Crippen LogP contribution in [-0.4, -0.2) is 46.7 Å². The lowest BCUT2D eigenvalue weighted by Gasteiger charge is -2.43. The maximum Gasteiger partial charge on any atom is 0.252 e. The highest BCUT2D eigenvalue weighted by atomic mass is 16.2. The van der Waals surface area contributed by atoms with E-state index in [0.717, 1.165) is 74.2 Å². The number of hydrogen-bond acceptors (Lipinski definition) is 3. The summed E-state index contributed by atoms with van der Waals surface area (Å²) in [4.78, 5) is 43.3. The minimum Gasteiger partial charge on any atom is -0.327 e. The number of imide groups is 1. The predicted octanol–water partition coefficient (Wildman–Crippen LogP) is 13.1. The third-order valence-electron chi connectivity index (χ3n) is 12.3. The quantitative estimate of drug-likeness (QED) is 0.0319. The van der Waals surface area contributed by atoms with Crippen molar-refractivity contribution in [1.29, 1.82) is 0 Å². The summed E-state index contributed by atoms with van der Waals surface area (Å²) < 4.78 is 0. The molecule has 5 unspecified atom stereocenters. The minimum atomic E-state index is -0.701. The molecule has 1 aliphatic carbocycles. The van der Waals surface area contributed by atoms with Crippen molar-refractivity contribution in [3.05, 3.63) is 48.6 Å². The molecular formula is C48H82N2O3. The number of carbonyl (C=O) groups excluding carboxylic acids is 3. The Hall–Kier alpha value is -2.43. The van der Waals surface area contributed by atoms with Crippen LogP contribution in [0.3, 0.4) is 0 Å². The topological polar surface area (TPSA) is 57.7 Å². The van der Waals surface area contributed by atoms with Crippen LogP contribution in [0.2, 0.25) is 0 Å². The second kappa shape index (κ2) is 28.9. The van der Waals surface area contributed by atoms with E-state index in [9.17, 15) is 14.4 Å². The first kappa shape index (κ1) is 46.7. The molecule has 0 aromatic rings. The summed E-state index contributed by atoms with van der Waals surface area (Å²) in [6.07, 6.45) is 41.2. The lowest BCUT2D eigenvalue weighted by molar-refractivity contribution is -0.142. The molecule has 0 radical (unpaired) electrons. The Bertz CT molecular complexity index is 1120. The summed E-state index contributed by atoms with van der Waals surface area (Å²) in [7, 11) is 0. The monoisotopic (exact) mass is 735 g/mol. The summed E-state index contributed by atoms with van der Waals surface area (Å²) >= 11 is 0. The average molecular weight is 735 g/mol. The summed E-state index contributed by atoms with van der Waals surface area (Å²) in [5, 5.41) is 0. The maximum atomic E-state index is 13.6. The molecule has 2 fully saturated rings. The number of likely N-dealkylation sites (tertiary alicyclic amines) is 1. The fourth-order valence-electron chi connectivity index (χ4n) is 9.19. The van der Waals surface area contributed by atoms with Crippen molar-refractivity contribution in [2.75, 3.05) is 13.1 Å². The minimum absolute atomic E-state index is 0.0938. The number of amides is 3. The van der Waals surface area contributed by atoms with Crippen molar-refractivity contribution in [1.82, 2.24) is 9.80 Å². The van der Waals surface area contributed by atoms with Crippen LogP contribution < -0.4 is 0 Å². The summed E-state index contributed by atoms with van der Waals surface area (Å²) in [5.74, 6) is 3.11. The van der Waals surface area contributed by atoms with E-state index < -0.39 is 6.04 Å². The third-order valence-corrected chi connectivity index (χ3v) is 12.3. The summed E-state index contributed by atoms with van der Waals surface area (Å²) in [5.41, 5.74) is 0.863. The van der Waals surface area contributed by atoms with Crippen molar-refractivity contribution >= 4 is 17.7 Å². The molecule has 5 atom stereocenters. The fraction of sp³-hybridized carbons (Fsp3) is 0.771. The first-order valence-electron chi connectivity index (χ1n) is 22.6. The Morgan fingerprint density at radius 3 is 1.92 bits per heavy atom. The van der Waals surface area contributed by atoms with Gasteiger partial charge >= 0.3 is 0 Å². The molecular weight excluding hydrogens is 653 g/mol. The highest BCUT2D eigenvalue weighted by molar-refractivity contribution is 6.07. The van der Waals surface area contributed by atoms with Crippen LogP contribution in [0.5, 0.6) is 0 Å². The van der Waals surface area contributed by atoms with E-state index in [1.807, 2.05) is 25.2 Å². The van der Waals surface area contributed by atoms with Gasteiger partial charge in [0, 0.05) is 19.2 Å². The molecule has 0 spiro atoms. The van der Waals surface area contributed by atoms with Crippen LogP contribution in [0.1, 0.15) is 195 Å². The molecule has 302 valence electrons. The van der Waals surface area contributed by atoms with Gasteiger partial charge in [0.1, 0.15) is 6.04 Å². The van der Waals surface area contributed by atoms with Crippen LogP contribution >= 0.6 is 0 Å². The molecule has 5 heteroatoms. The second-order valence-corrected chi connectivity index (χ2v) is 16.5. The number of hydrogen-bond donors (Lipinski definition) is 0. The largest absolute Gasteiger partial charge is 0.327 e. The lowest BCUT2D eigenvalue weighted by Crippen LogP contribution is -2.45. The second-order valence-electron chi connectivity index (χ2n) is 16.5. The van der Waals surface area contributed by atoms with Gasteiger partial charge in [0.05, 0.1) is 6.42 Å². The average Bonchev–Trinajstić information content (AvgIpc) is 3.42. The maximum absolute atomic E-state index is 13.6. The Labute approximate surface area is 327 Å². The number of unbranched alkanes of at least 4 members (excludes halogenated alkanes) is 15. The Kier molecular flexibility index (Phi) is 25.5. The zero-order chi connectivity index (χ0) is 38.7. The van der Waals surface area contributed by atoms with Crippen LogP contribution in [0, 0.1) is 23.7 Å². The van der Waals surface area contributed by atoms with Gasteiger partial charge in [-0.25, -0.2) is 0 Å². The molecule has 0 bridgehead atoms. The molecule has 0 aromatic heterocycles. The van der Waals surface area contributed by atoms with E-state index in [1.54, 1.807) is 17.1 Å². The van der Waals surface area contributed by atoms with Gasteiger partial charge in [-0.05, 0) is 74.3 Å². The number of rotatable bonds is 30. The van der Waals surface area contributed by atoms with Crippen LogP contribution in [0.25, 0.3) is 0 Å². The van der Waals surface area contributed by atoms with Crippen molar-refractivity contribution in [3.8, 4) is 0 Å². The third kappa shape index (κ3) is 17.7. The summed E-state index contributed by atoms with van der Waals surface area (Å²) in [6.45, 7) is 16.0. The van der Waals surface area contributed by atoms with E-state index in [0.29, 0.717) is 13.1 Å². The molecule has 1 heterocycles. The summed E-state index contributed by atoms with van der Waals surface area (Å²) in [6, 6.07) is -0.701. The lowest BCUT2D eigenvalue weighted by atomic mass is 9.63. The van der Waals surface area contributed by atoms with Gasteiger partial charge in [-0.15, -0.1) is 0 Å². The molecule has 2 aliphatic rings. The van der Waals surface area contributed by atoms with Crippen molar-refractivity contribution < 1.29 is 14.4 Å². The van der Waals surface area contributed by atoms with E-state index in [2.05, 4.69) is 34.3 Å². The molecule has 1 aliphatic heterocycles. The SMILES string of the molecule is C=C/C=C(\C=C/C)/C=C/C(=O)N(CCCCCCC)C1CC(=O)N(CCCCCCCCC2C(CCCCC)CCC(C)C2CCCCCCC)C1=O. The standard InChI is InChI=1S/C48H82N2O3/c1-7-12-15-19-24-31-43-40(6)33-35-42(30-23-14-9-3)44(43)32-25-20-17-18-22-27-38-50-47(52)39-45(48(50)53)49(37-26-21-16-13-8-2)46(51)36-34-41(28-10-4)29-11-5/h10-11,28-29,34,36,40,42-45H,4,7-9,12-27,30-33,35,37-39H2,1-3,5-6H3/b29-11-,36-34+,41-28+. The van der Waals surface area contributed by atoms with Crippen LogP contribution in [0.15, 0.2) is 48.6 Å². The van der Waals surface area contributed by atoms with Crippen molar-refractivity contribution in [2.45, 2.75) is 201 Å². The smallest absolute Gasteiger partial charge is 0.252 e. The van der Waals surface area contributed by atoms with Crippen molar-refractivity contribution in [2.24, 2.45) is 23.7 Å². The van der Waals surface area contributed by atoms with Crippen molar-refractivity contribution in [3.63, 3.8) is 0 Å². The molecule has 0 N–H and O–H groups in total. The molecule has 3 amide bonds. The van der Waals surface area contributed by atoms with E-state index in [4.69, 9.17) is 0 Å². The number of carbonyl (C=O) groups is 3. The van der Waals surface area contributed by atoms with Gasteiger partial charge in [-0.2, -0.15) is 0 Å². The van der Waals surface area contributed by atoms with Crippen LogP contribution in [-0.2, 0) is 14.4 Å². The first-order valence-corrected chi connectivity index (χ1v) is 22.6. The molecule has 0 aromatic carbocycles. The van der Waals surface area contributed by atoms with E-state index in [-0.39, 0.29) is 24.1 Å². The zero-order valence-electron chi connectivity index (χ0n) is 35.3. The van der Waals surface area contributed by atoms with Gasteiger partial charge < -0.3 is 4.90 Å². The van der Waals surface area contributed by atoms with Crippen LogP contribution in [0.4, 0.5) is 0 Å². The van der Waals surface area contributed by atoms with E-state index >= 15 is 0 Å². The van der Waals surface area contributed by atoms with Gasteiger partial charge in [0.2, 0.25) is 11.8 Å². The number of nitrogens with zero attached hydrogens (tertiary/aromatic N) is 2. The van der Waals surface area contributed by atoms with Gasteiger partial charge in [0.25, 0.3) is 5.91 Å². The Balaban J connectivity index is 1.87. The normalized spacial score (nSPS) is 22.5. The highest BCUT2D eigenvalue weighted by Crippen LogP contribution is 2.46. The molecule has 2 rings (SSSR count). The van der Waals surface area contributed by atoms with Gasteiger partial charge in [-0.1, -0.05) is 181 Å². The number of allylic oxidation sites excluding steroid dienone is 6. The molecule has 53 heavy (non-hydrogen) atoms. The molecule has 1 saturated heterocycles. The molecule has 5 nitrogen and oxygen atoms in total. The van der Waals surface area contributed by atoms with Gasteiger partial charge in [-0.3, -0.25) is 19.3 Å². The highest BCUT2D eigenvalue weighted by Gasteiger charge is 2.42. The predicted molar refractivity (Wildman–Crippen MR) is 227 cm³/mol. The van der Waals surface area contributed by atoms with E-state index in [1.165, 1.54) is 120 Å².